The summed E-state index contributed by atoms with van der Waals surface area (Å²) in [6.07, 6.45) is 2.85. The third kappa shape index (κ3) is 2.31. The van der Waals surface area contributed by atoms with Crippen LogP contribution in [0.5, 0.6) is 11.5 Å². The van der Waals surface area contributed by atoms with Gasteiger partial charge in [-0.3, -0.25) is 4.98 Å². The van der Waals surface area contributed by atoms with Crippen molar-refractivity contribution in [3.63, 3.8) is 0 Å². The lowest BCUT2D eigenvalue weighted by Crippen LogP contribution is -1.87. The van der Waals surface area contributed by atoms with Crippen molar-refractivity contribution in [1.82, 2.24) is 15.1 Å². The highest BCUT2D eigenvalue weighted by atomic mass is 16.5. The fourth-order valence-electron chi connectivity index (χ4n) is 2.10. The Kier molecular flexibility index (Phi) is 3.06. The van der Waals surface area contributed by atoms with E-state index >= 15 is 0 Å². The first kappa shape index (κ1) is 13.1. The number of pyridine rings is 1. The van der Waals surface area contributed by atoms with Gasteiger partial charge >= 0.3 is 0 Å². The van der Waals surface area contributed by atoms with Crippen LogP contribution in [0.2, 0.25) is 0 Å². The van der Waals surface area contributed by atoms with Crippen molar-refractivity contribution in [2.75, 3.05) is 0 Å². The van der Waals surface area contributed by atoms with Gasteiger partial charge < -0.3 is 14.7 Å². The summed E-state index contributed by atoms with van der Waals surface area (Å²) >= 11 is 0. The fourth-order valence-corrected chi connectivity index (χ4v) is 2.10. The van der Waals surface area contributed by atoms with Gasteiger partial charge in [-0.15, -0.1) is 0 Å². The van der Waals surface area contributed by atoms with Crippen LogP contribution < -0.4 is 0 Å². The predicted octanol–water partition coefficient (Wildman–Crippen LogP) is 2.83. The molecule has 0 amide bonds. The van der Waals surface area contributed by atoms with Crippen molar-refractivity contribution >= 4 is 0 Å². The molecule has 2 N–H and O–H groups in total. The van der Waals surface area contributed by atoms with Crippen LogP contribution >= 0.6 is 0 Å². The smallest absolute Gasteiger partial charge is 0.262 e. The number of nitrogens with zero attached hydrogens (tertiary/aromatic N) is 3. The molecule has 0 aliphatic heterocycles. The van der Waals surface area contributed by atoms with Crippen LogP contribution in [-0.2, 0) is 0 Å². The quantitative estimate of drug-likeness (QED) is 0.751. The maximum atomic E-state index is 9.79. The second-order valence-electron chi connectivity index (χ2n) is 4.77. The number of hydrogen-bond acceptors (Lipinski definition) is 6. The second kappa shape index (κ2) is 4.90. The molecule has 0 aliphatic carbocycles. The number of aromatic nitrogens is 3. The standard InChI is InChI=1S/C15H13N3O3/c1-8-5-10(6-9(2)13(8)20)14-17-15(21-18-14)11-3-4-16-7-12(11)19/h3-7,19-20H,1-2H3. The van der Waals surface area contributed by atoms with Gasteiger partial charge in [0.25, 0.3) is 5.89 Å². The summed E-state index contributed by atoms with van der Waals surface area (Å²) in [5, 5.41) is 23.5. The van der Waals surface area contributed by atoms with E-state index < -0.39 is 0 Å². The highest BCUT2D eigenvalue weighted by Gasteiger charge is 2.15. The Morgan fingerprint density at radius 3 is 2.48 bits per heavy atom. The minimum Gasteiger partial charge on any atom is -0.507 e. The van der Waals surface area contributed by atoms with Gasteiger partial charge in [0.2, 0.25) is 5.82 Å². The molecule has 3 rings (SSSR count). The van der Waals surface area contributed by atoms with Crippen LogP contribution in [0.25, 0.3) is 22.8 Å². The van der Waals surface area contributed by atoms with Gasteiger partial charge in [0.1, 0.15) is 11.5 Å². The molecule has 0 saturated heterocycles. The monoisotopic (exact) mass is 283 g/mol. The van der Waals surface area contributed by atoms with Crippen LogP contribution in [0.4, 0.5) is 0 Å². The van der Waals surface area contributed by atoms with Gasteiger partial charge in [-0.05, 0) is 43.2 Å². The first-order valence-corrected chi connectivity index (χ1v) is 6.34. The number of phenolic OH excluding ortho intramolecular Hbond substituents is 1. The Morgan fingerprint density at radius 2 is 1.81 bits per heavy atom. The van der Waals surface area contributed by atoms with Crippen LogP contribution in [0, 0.1) is 13.8 Å². The van der Waals surface area contributed by atoms with Crippen molar-refractivity contribution in [2.24, 2.45) is 0 Å². The SMILES string of the molecule is Cc1cc(-c2noc(-c3ccncc3O)n2)cc(C)c1O. The van der Waals surface area contributed by atoms with E-state index in [4.69, 9.17) is 4.52 Å². The third-order valence-corrected chi connectivity index (χ3v) is 3.21. The first-order chi connectivity index (χ1) is 10.1. The van der Waals surface area contributed by atoms with Crippen LogP contribution in [0.3, 0.4) is 0 Å². The maximum Gasteiger partial charge on any atom is 0.262 e. The molecule has 0 saturated carbocycles. The van der Waals surface area contributed by atoms with E-state index in [1.807, 2.05) is 13.8 Å². The lowest BCUT2D eigenvalue weighted by molar-refractivity contribution is 0.425. The molecule has 0 radical (unpaired) electrons. The normalized spacial score (nSPS) is 10.8. The van der Waals surface area contributed by atoms with Gasteiger partial charge in [0.05, 0.1) is 11.8 Å². The van der Waals surface area contributed by atoms with E-state index in [-0.39, 0.29) is 17.4 Å². The minimum absolute atomic E-state index is 0.0224. The van der Waals surface area contributed by atoms with Crippen molar-refractivity contribution in [1.29, 1.82) is 0 Å². The molecule has 0 unspecified atom stereocenters. The van der Waals surface area contributed by atoms with E-state index in [1.165, 1.54) is 12.4 Å². The molecule has 6 heteroatoms. The zero-order chi connectivity index (χ0) is 15.0. The summed E-state index contributed by atoms with van der Waals surface area (Å²) < 4.78 is 5.18. The summed E-state index contributed by atoms with van der Waals surface area (Å²) in [6, 6.07) is 5.16. The number of benzene rings is 1. The number of phenols is 1. The summed E-state index contributed by atoms with van der Waals surface area (Å²) in [7, 11) is 0. The molecular formula is C15H13N3O3. The number of aromatic hydroxyl groups is 2. The lowest BCUT2D eigenvalue weighted by atomic mass is 10.1. The minimum atomic E-state index is -0.0224. The van der Waals surface area contributed by atoms with Crippen molar-refractivity contribution in [3.8, 4) is 34.3 Å². The van der Waals surface area contributed by atoms with E-state index in [2.05, 4.69) is 15.1 Å². The van der Waals surface area contributed by atoms with E-state index in [1.54, 1.807) is 18.2 Å². The Hall–Kier alpha value is -2.89. The molecule has 0 atom stereocenters. The highest BCUT2D eigenvalue weighted by molar-refractivity contribution is 5.65. The van der Waals surface area contributed by atoms with E-state index in [0.717, 1.165) is 16.7 Å². The number of hydrogen-bond donors (Lipinski definition) is 2. The van der Waals surface area contributed by atoms with Crippen molar-refractivity contribution < 1.29 is 14.7 Å². The summed E-state index contributed by atoms with van der Waals surface area (Å²) in [5.74, 6) is 0.848. The van der Waals surface area contributed by atoms with E-state index in [0.29, 0.717) is 11.4 Å². The zero-order valence-corrected chi connectivity index (χ0v) is 11.5. The Labute approximate surface area is 120 Å². The number of aryl methyl sites for hydroxylation is 2. The largest absolute Gasteiger partial charge is 0.507 e. The summed E-state index contributed by atoms with van der Waals surface area (Å²) in [6.45, 7) is 3.61. The molecule has 2 heterocycles. The van der Waals surface area contributed by atoms with Gasteiger partial charge in [0.15, 0.2) is 0 Å². The van der Waals surface area contributed by atoms with Crippen LogP contribution in [0.1, 0.15) is 11.1 Å². The Balaban J connectivity index is 2.05. The Morgan fingerprint density at radius 1 is 1.10 bits per heavy atom. The molecule has 2 aromatic heterocycles. The lowest BCUT2D eigenvalue weighted by Gasteiger charge is -2.04. The molecule has 0 aliphatic rings. The van der Waals surface area contributed by atoms with Crippen LogP contribution in [0.15, 0.2) is 35.1 Å². The molecule has 21 heavy (non-hydrogen) atoms. The average molecular weight is 283 g/mol. The summed E-state index contributed by atoms with van der Waals surface area (Å²) in [4.78, 5) is 8.08. The maximum absolute atomic E-state index is 9.79. The molecule has 0 fully saturated rings. The molecule has 0 bridgehead atoms. The van der Waals surface area contributed by atoms with E-state index in [9.17, 15) is 10.2 Å². The van der Waals surface area contributed by atoms with Gasteiger partial charge in [-0.25, -0.2) is 0 Å². The Bertz CT molecular complexity index is 788. The topological polar surface area (TPSA) is 92.3 Å². The highest BCUT2D eigenvalue weighted by Crippen LogP contribution is 2.31. The van der Waals surface area contributed by atoms with Crippen LogP contribution in [-0.4, -0.2) is 25.3 Å². The molecular weight excluding hydrogens is 270 g/mol. The van der Waals surface area contributed by atoms with Crippen molar-refractivity contribution in [3.05, 3.63) is 41.7 Å². The second-order valence-corrected chi connectivity index (χ2v) is 4.77. The molecule has 3 aromatic rings. The predicted molar refractivity (Wildman–Crippen MR) is 75.8 cm³/mol. The average Bonchev–Trinajstić information content (AvgIpc) is 2.94. The van der Waals surface area contributed by atoms with Gasteiger partial charge in [0, 0.05) is 11.8 Å². The molecule has 1 aromatic carbocycles. The third-order valence-electron chi connectivity index (χ3n) is 3.21. The molecule has 6 nitrogen and oxygen atoms in total. The molecule has 106 valence electrons. The summed E-state index contributed by atoms with van der Waals surface area (Å²) in [5.41, 5.74) is 2.65. The molecule has 0 spiro atoms. The number of rotatable bonds is 2. The van der Waals surface area contributed by atoms with Gasteiger partial charge in [-0.2, -0.15) is 4.98 Å². The van der Waals surface area contributed by atoms with Crippen molar-refractivity contribution in [2.45, 2.75) is 13.8 Å². The van der Waals surface area contributed by atoms with Gasteiger partial charge in [-0.1, -0.05) is 5.16 Å². The first-order valence-electron chi connectivity index (χ1n) is 6.34. The zero-order valence-electron chi connectivity index (χ0n) is 11.5. The fraction of sp³-hybridized carbons (Fsp3) is 0.133.